The maximum Gasteiger partial charge on any atom is 0.256 e. The first kappa shape index (κ1) is 17.8. The molecule has 3 rings (SSSR count). The van der Waals surface area contributed by atoms with E-state index in [9.17, 15) is 4.79 Å². The number of rotatable bonds is 7. The Hall–Kier alpha value is -1.55. The molecule has 0 saturated carbocycles. The summed E-state index contributed by atoms with van der Waals surface area (Å²) in [4.78, 5) is 17.5. The monoisotopic (exact) mass is 335 g/mol. The average molecular weight is 336 g/mol. The van der Waals surface area contributed by atoms with Gasteiger partial charge in [-0.05, 0) is 25.0 Å². The molecule has 1 aliphatic heterocycles. The largest absolute Gasteiger partial charge is 1.00 e. The Bertz CT molecular complexity index is 653. The Balaban J connectivity index is 0.00000192. The van der Waals surface area contributed by atoms with Crippen molar-refractivity contribution in [2.75, 3.05) is 6.54 Å². The highest BCUT2D eigenvalue weighted by atomic mass is 35.5. The molecule has 0 spiro atoms. The highest BCUT2D eigenvalue weighted by Gasteiger charge is 2.25. The summed E-state index contributed by atoms with van der Waals surface area (Å²) in [5.41, 5.74) is 2.37. The zero-order valence-electron chi connectivity index (χ0n) is 13.9. The van der Waals surface area contributed by atoms with Gasteiger partial charge in [0, 0.05) is 19.4 Å². The van der Waals surface area contributed by atoms with Crippen LogP contribution in [-0.2, 0) is 17.9 Å². The molecule has 1 fully saturated rings. The van der Waals surface area contributed by atoms with Crippen molar-refractivity contribution >= 4 is 16.9 Å². The van der Waals surface area contributed by atoms with E-state index in [-0.39, 0.29) is 18.3 Å². The SMILES string of the molecule is CCCCCCc1[nH]c2ccccc2[n+]1CN1CCCC1=O.[Cl-]. The molecule has 1 saturated heterocycles. The molecule has 2 aromatic rings. The zero-order valence-corrected chi connectivity index (χ0v) is 14.6. The third-order valence-corrected chi connectivity index (χ3v) is 4.55. The predicted molar refractivity (Wildman–Crippen MR) is 87.3 cm³/mol. The van der Waals surface area contributed by atoms with Crippen LogP contribution in [0.3, 0.4) is 0 Å². The first-order valence-corrected chi connectivity index (χ1v) is 8.57. The molecule has 1 aliphatic rings. The second-order valence-corrected chi connectivity index (χ2v) is 6.23. The molecule has 0 radical (unpaired) electrons. The van der Waals surface area contributed by atoms with Crippen molar-refractivity contribution in [3.8, 4) is 0 Å². The van der Waals surface area contributed by atoms with Gasteiger partial charge in [-0.3, -0.25) is 4.79 Å². The second-order valence-electron chi connectivity index (χ2n) is 6.23. The standard InChI is InChI=1S/C18H25N3O.ClH/c1-2-3-4-5-11-17-19-15-9-6-7-10-16(15)21(17)14-20-13-8-12-18(20)22;/h6-7,9-10H,2-5,8,11-14H2,1H3;1H. The van der Waals surface area contributed by atoms with Crippen LogP contribution in [-0.4, -0.2) is 22.3 Å². The molecule has 0 aliphatic carbocycles. The highest BCUT2D eigenvalue weighted by Crippen LogP contribution is 2.14. The molecule has 4 nitrogen and oxygen atoms in total. The number of likely N-dealkylation sites (tertiary alicyclic amines) is 1. The van der Waals surface area contributed by atoms with E-state index in [4.69, 9.17) is 0 Å². The molecule has 1 amide bonds. The maximum absolute atomic E-state index is 11.9. The van der Waals surface area contributed by atoms with Crippen molar-refractivity contribution in [3.05, 3.63) is 30.1 Å². The summed E-state index contributed by atoms with van der Waals surface area (Å²) in [5.74, 6) is 1.53. The van der Waals surface area contributed by atoms with Crippen LogP contribution in [0.25, 0.3) is 11.0 Å². The van der Waals surface area contributed by atoms with Crippen molar-refractivity contribution in [2.24, 2.45) is 0 Å². The normalized spacial score (nSPS) is 14.5. The lowest BCUT2D eigenvalue weighted by atomic mass is 10.1. The number of aromatic amines is 1. The van der Waals surface area contributed by atoms with Gasteiger partial charge in [0.05, 0.1) is 0 Å². The van der Waals surface area contributed by atoms with Crippen LogP contribution in [0.2, 0.25) is 0 Å². The quantitative estimate of drug-likeness (QED) is 0.568. The van der Waals surface area contributed by atoms with Gasteiger partial charge in [-0.1, -0.05) is 38.3 Å². The fourth-order valence-corrected chi connectivity index (χ4v) is 3.29. The van der Waals surface area contributed by atoms with E-state index in [2.05, 4.69) is 40.7 Å². The van der Waals surface area contributed by atoms with Crippen LogP contribution in [0.5, 0.6) is 0 Å². The van der Waals surface area contributed by atoms with E-state index < -0.39 is 0 Å². The summed E-state index contributed by atoms with van der Waals surface area (Å²) < 4.78 is 2.30. The third-order valence-electron chi connectivity index (χ3n) is 4.55. The molecule has 1 aromatic carbocycles. The Morgan fingerprint density at radius 2 is 2.04 bits per heavy atom. The number of H-pyrrole nitrogens is 1. The summed E-state index contributed by atoms with van der Waals surface area (Å²) >= 11 is 0. The molecule has 0 bridgehead atoms. The number of benzene rings is 1. The number of unbranched alkanes of at least 4 members (excludes halogenated alkanes) is 3. The lowest BCUT2D eigenvalue weighted by molar-refractivity contribution is -0.694. The van der Waals surface area contributed by atoms with E-state index in [1.807, 2.05) is 4.90 Å². The van der Waals surface area contributed by atoms with Gasteiger partial charge >= 0.3 is 0 Å². The first-order valence-electron chi connectivity index (χ1n) is 8.57. The van der Waals surface area contributed by atoms with Crippen LogP contribution in [0.4, 0.5) is 0 Å². The molecular weight excluding hydrogens is 310 g/mol. The molecule has 0 atom stereocenters. The van der Waals surface area contributed by atoms with Crippen molar-refractivity contribution in [3.63, 3.8) is 0 Å². The van der Waals surface area contributed by atoms with E-state index >= 15 is 0 Å². The summed E-state index contributed by atoms with van der Waals surface area (Å²) in [6.45, 7) is 3.81. The number of nitrogens with one attached hydrogen (secondary N) is 1. The first-order chi connectivity index (χ1) is 10.8. The minimum atomic E-state index is 0. The Kier molecular flexibility index (Phi) is 6.46. The van der Waals surface area contributed by atoms with Crippen LogP contribution in [0, 0.1) is 0 Å². The van der Waals surface area contributed by atoms with Gasteiger partial charge < -0.3 is 17.3 Å². The molecule has 1 aromatic heterocycles. The Morgan fingerprint density at radius 1 is 1.22 bits per heavy atom. The number of aromatic nitrogens is 2. The Labute approximate surface area is 144 Å². The maximum atomic E-state index is 11.9. The molecular formula is C18H26ClN3O. The number of carbonyl (C=O) groups is 1. The van der Waals surface area contributed by atoms with Gasteiger partial charge in [-0.25, -0.2) is 9.55 Å². The number of halogens is 1. The number of nitrogens with zero attached hydrogens (tertiary/aromatic N) is 2. The summed E-state index contributed by atoms with van der Waals surface area (Å²) in [7, 11) is 0. The van der Waals surface area contributed by atoms with Crippen LogP contribution in [0.1, 0.15) is 51.3 Å². The van der Waals surface area contributed by atoms with Crippen molar-refractivity contribution in [1.82, 2.24) is 9.88 Å². The van der Waals surface area contributed by atoms with Crippen LogP contribution < -0.4 is 17.0 Å². The average Bonchev–Trinajstić information content (AvgIpc) is 3.09. The van der Waals surface area contributed by atoms with Crippen LogP contribution >= 0.6 is 0 Å². The molecule has 0 unspecified atom stereocenters. The molecule has 2 heterocycles. The van der Waals surface area contributed by atoms with Gasteiger partial charge in [0.15, 0.2) is 17.7 Å². The van der Waals surface area contributed by atoms with E-state index in [1.165, 1.54) is 42.5 Å². The van der Waals surface area contributed by atoms with Gasteiger partial charge in [-0.15, -0.1) is 0 Å². The number of fused-ring (bicyclic) bond motifs is 1. The molecule has 1 N–H and O–H groups in total. The number of para-hydroxylation sites is 2. The fourth-order valence-electron chi connectivity index (χ4n) is 3.29. The summed E-state index contributed by atoms with van der Waals surface area (Å²) in [6.07, 6.45) is 7.78. The predicted octanol–water partition coefficient (Wildman–Crippen LogP) is 0.162. The van der Waals surface area contributed by atoms with E-state index in [1.54, 1.807) is 0 Å². The summed E-state index contributed by atoms with van der Waals surface area (Å²) in [5, 5.41) is 0. The van der Waals surface area contributed by atoms with Gasteiger partial charge in [0.2, 0.25) is 5.91 Å². The smallest absolute Gasteiger partial charge is 0.256 e. The molecule has 23 heavy (non-hydrogen) atoms. The molecule has 126 valence electrons. The minimum Gasteiger partial charge on any atom is -1.00 e. The molecule has 5 heteroatoms. The third kappa shape index (κ3) is 4.05. The van der Waals surface area contributed by atoms with E-state index in [0.717, 1.165) is 19.4 Å². The van der Waals surface area contributed by atoms with E-state index in [0.29, 0.717) is 13.1 Å². The lowest BCUT2D eigenvalue weighted by Gasteiger charge is -2.14. The number of hydrogen-bond donors (Lipinski definition) is 1. The van der Waals surface area contributed by atoms with Gasteiger partial charge in [-0.2, -0.15) is 0 Å². The Morgan fingerprint density at radius 3 is 2.78 bits per heavy atom. The lowest BCUT2D eigenvalue weighted by Crippen LogP contribution is -3.00. The van der Waals surface area contributed by atoms with Crippen molar-refractivity contribution < 1.29 is 21.8 Å². The number of carbonyl (C=O) groups excluding carboxylic acids is 1. The minimum absolute atomic E-state index is 0. The fraction of sp³-hybridized carbons (Fsp3) is 0.556. The second kappa shape index (κ2) is 8.34. The number of hydrogen-bond acceptors (Lipinski definition) is 1. The number of imidazole rings is 1. The number of amides is 1. The van der Waals surface area contributed by atoms with Gasteiger partial charge in [0.1, 0.15) is 0 Å². The highest BCUT2D eigenvalue weighted by molar-refractivity contribution is 5.77. The zero-order chi connectivity index (χ0) is 15.4. The number of aryl methyl sites for hydroxylation is 1. The van der Waals surface area contributed by atoms with Crippen LogP contribution in [0.15, 0.2) is 24.3 Å². The van der Waals surface area contributed by atoms with Gasteiger partial charge in [0.25, 0.3) is 5.82 Å². The topological polar surface area (TPSA) is 40.0 Å². The van der Waals surface area contributed by atoms with Crippen molar-refractivity contribution in [2.45, 2.75) is 58.5 Å². The van der Waals surface area contributed by atoms with Crippen molar-refractivity contribution in [1.29, 1.82) is 0 Å². The summed E-state index contributed by atoms with van der Waals surface area (Å²) in [6, 6.07) is 8.39.